The Morgan fingerprint density at radius 2 is 2.06 bits per heavy atom. The molecule has 0 N–H and O–H groups in total. The van der Waals surface area contributed by atoms with Gasteiger partial charge in [-0.1, -0.05) is 15.9 Å². The Balaban J connectivity index is 2.28. The fraction of sp³-hybridized carbons (Fsp3) is 0.455. The van der Waals surface area contributed by atoms with Crippen LogP contribution in [0.15, 0.2) is 20.8 Å². The molecule has 7 heteroatoms. The number of unbranched alkanes of at least 4 members (excludes halogenated alkanes) is 1. The van der Waals surface area contributed by atoms with Crippen LogP contribution >= 0.6 is 47.8 Å². The predicted octanol–water partition coefficient (Wildman–Crippen LogP) is 3.54. The van der Waals surface area contributed by atoms with Crippen molar-refractivity contribution in [3.05, 3.63) is 20.8 Å². The summed E-state index contributed by atoms with van der Waals surface area (Å²) < 4.78 is 10.5. The summed E-state index contributed by atoms with van der Waals surface area (Å²) in [5.74, 6) is -0.109. The molecule has 18 heavy (non-hydrogen) atoms. The molecule has 1 heterocycles. The van der Waals surface area contributed by atoms with Crippen LogP contribution in [0.25, 0.3) is 0 Å². The number of ether oxygens (including phenoxy) is 2. The van der Waals surface area contributed by atoms with Crippen LogP contribution in [0.3, 0.4) is 0 Å². The standard InChI is InChI=1S/C11H11Br3O4/c12-6-9(15)17-4-2-1-3-7-5-8(10(13)14)18-11(7)16/h5H,1-4,6H2. The lowest BCUT2D eigenvalue weighted by atomic mass is 10.1. The van der Waals surface area contributed by atoms with Gasteiger partial charge in [0.15, 0.2) is 5.76 Å². The molecular weight excluding hydrogens is 436 g/mol. The van der Waals surface area contributed by atoms with Crippen LogP contribution in [0.4, 0.5) is 0 Å². The van der Waals surface area contributed by atoms with Crippen LogP contribution in [-0.2, 0) is 19.1 Å². The van der Waals surface area contributed by atoms with E-state index in [0.29, 0.717) is 27.8 Å². The maximum absolute atomic E-state index is 11.4. The molecule has 0 fully saturated rings. The molecule has 0 atom stereocenters. The third-order valence-electron chi connectivity index (χ3n) is 2.17. The molecule has 4 nitrogen and oxygen atoms in total. The van der Waals surface area contributed by atoms with Gasteiger partial charge in [0, 0.05) is 5.57 Å². The van der Waals surface area contributed by atoms with Crippen LogP contribution < -0.4 is 0 Å². The Bertz CT molecular complexity index is 397. The Morgan fingerprint density at radius 1 is 1.33 bits per heavy atom. The zero-order chi connectivity index (χ0) is 13.5. The van der Waals surface area contributed by atoms with Crippen molar-refractivity contribution in [3.63, 3.8) is 0 Å². The Kier molecular flexibility index (Phi) is 7.18. The topological polar surface area (TPSA) is 52.6 Å². The van der Waals surface area contributed by atoms with E-state index in [9.17, 15) is 9.59 Å². The number of esters is 2. The van der Waals surface area contributed by atoms with Gasteiger partial charge in [0.1, 0.15) is 8.72 Å². The number of alkyl halides is 1. The molecule has 0 bridgehead atoms. The summed E-state index contributed by atoms with van der Waals surface area (Å²) in [5, 5.41) is 0.206. The third-order valence-corrected chi connectivity index (χ3v) is 3.41. The maximum Gasteiger partial charge on any atom is 0.339 e. The largest absolute Gasteiger partial charge is 0.465 e. The van der Waals surface area contributed by atoms with E-state index in [0.717, 1.165) is 12.8 Å². The molecular formula is C11H11Br3O4. The Hall–Kier alpha value is -0.140. The van der Waals surface area contributed by atoms with E-state index >= 15 is 0 Å². The van der Waals surface area contributed by atoms with Gasteiger partial charge in [-0.05, 0) is 57.2 Å². The molecule has 0 aromatic heterocycles. The minimum atomic E-state index is -0.321. The maximum atomic E-state index is 11.4. The zero-order valence-corrected chi connectivity index (χ0v) is 14.1. The lowest BCUT2D eigenvalue weighted by Gasteiger charge is -2.02. The second-order valence-corrected chi connectivity index (χ2v) is 6.71. The summed E-state index contributed by atoms with van der Waals surface area (Å²) in [6.07, 6.45) is 3.80. The van der Waals surface area contributed by atoms with E-state index in [1.165, 1.54) is 0 Å². The molecule has 0 saturated heterocycles. The third kappa shape index (κ3) is 5.24. The van der Waals surface area contributed by atoms with Crippen molar-refractivity contribution in [2.45, 2.75) is 19.3 Å². The molecule has 100 valence electrons. The number of carbonyl (C=O) groups is 2. The minimum Gasteiger partial charge on any atom is -0.465 e. The molecule has 0 aromatic rings. The molecule has 0 radical (unpaired) electrons. The highest BCUT2D eigenvalue weighted by Crippen LogP contribution is 2.29. The van der Waals surface area contributed by atoms with Crippen molar-refractivity contribution in [2.75, 3.05) is 11.9 Å². The highest BCUT2D eigenvalue weighted by Gasteiger charge is 2.22. The first-order valence-corrected chi connectivity index (χ1v) is 7.95. The first-order valence-electron chi connectivity index (χ1n) is 5.24. The molecule has 0 saturated carbocycles. The number of allylic oxidation sites excluding steroid dienone is 1. The molecule has 0 unspecified atom stereocenters. The van der Waals surface area contributed by atoms with Gasteiger partial charge in [0.05, 0.1) is 6.61 Å². The quantitative estimate of drug-likeness (QED) is 0.356. The van der Waals surface area contributed by atoms with E-state index in [1.807, 2.05) is 0 Å². The van der Waals surface area contributed by atoms with E-state index in [4.69, 9.17) is 9.47 Å². The summed E-state index contributed by atoms with van der Waals surface area (Å²) in [6.45, 7) is 0.373. The van der Waals surface area contributed by atoms with Gasteiger partial charge in [-0.2, -0.15) is 0 Å². The monoisotopic (exact) mass is 444 g/mol. The molecule has 0 amide bonds. The van der Waals surface area contributed by atoms with E-state index in [1.54, 1.807) is 6.08 Å². The van der Waals surface area contributed by atoms with E-state index in [-0.39, 0.29) is 17.3 Å². The SMILES string of the molecule is O=C(CBr)OCCCCC1=CC(=C(Br)Br)OC1=O. The summed E-state index contributed by atoms with van der Waals surface area (Å²) in [6, 6.07) is 0. The smallest absolute Gasteiger partial charge is 0.339 e. The first-order chi connectivity index (χ1) is 8.54. The summed E-state index contributed by atoms with van der Waals surface area (Å²) >= 11 is 9.38. The number of cyclic esters (lactones) is 1. The second-order valence-electron chi connectivity index (χ2n) is 3.49. The second kappa shape index (κ2) is 8.12. The highest BCUT2D eigenvalue weighted by atomic mass is 79.9. The average molecular weight is 447 g/mol. The van der Waals surface area contributed by atoms with Crippen molar-refractivity contribution in [1.29, 1.82) is 0 Å². The van der Waals surface area contributed by atoms with Gasteiger partial charge in [-0.25, -0.2) is 4.79 Å². The van der Waals surface area contributed by atoms with Crippen LogP contribution in [0.5, 0.6) is 0 Å². The number of carbonyl (C=O) groups excluding carboxylic acids is 2. The predicted molar refractivity (Wildman–Crippen MR) is 77.7 cm³/mol. The normalized spacial score (nSPS) is 14.3. The van der Waals surface area contributed by atoms with Crippen molar-refractivity contribution >= 4 is 59.7 Å². The summed E-state index contributed by atoms with van der Waals surface area (Å²) in [4.78, 5) is 22.3. The average Bonchev–Trinajstić information content (AvgIpc) is 2.70. The van der Waals surface area contributed by atoms with Crippen molar-refractivity contribution < 1.29 is 19.1 Å². The van der Waals surface area contributed by atoms with Crippen LogP contribution in [-0.4, -0.2) is 23.9 Å². The Morgan fingerprint density at radius 3 is 2.61 bits per heavy atom. The van der Waals surface area contributed by atoms with Gasteiger partial charge < -0.3 is 9.47 Å². The van der Waals surface area contributed by atoms with Crippen LogP contribution in [0.1, 0.15) is 19.3 Å². The van der Waals surface area contributed by atoms with Crippen LogP contribution in [0.2, 0.25) is 0 Å². The lowest BCUT2D eigenvalue weighted by molar-refractivity contribution is -0.140. The van der Waals surface area contributed by atoms with Crippen molar-refractivity contribution in [1.82, 2.24) is 0 Å². The van der Waals surface area contributed by atoms with E-state index in [2.05, 4.69) is 47.8 Å². The summed E-state index contributed by atoms with van der Waals surface area (Å²) in [7, 11) is 0. The molecule has 0 aliphatic carbocycles. The van der Waals surface area contributed by atoms with Crippen molar-refractivity contribution in [2.24, 2.45) is 0 Å². The molecule has 1 rings (SSSR count). The van der Waals surface area contributed by atoms with Gasteiger partial charge in [-0.15, -0.1) is 0 Å². The summed E-state index contributed by atoms with van der Waals surface area (Å²) in [5.41, 5.74) is 0.633. The fourth-order valence-electron chi connectivity index (χ4n) is 1.32. The van der Waals surface area contributed by atoms with Gasteiger partial charge in [0.25, 0.3) is 0 Å². The number of halogens is 3. The van der Waals surface area contributed by atoms with Crippen molar-refractivity contribution in [3.8, 4) is 0 Å². The highest BCUT2D eigenvalue weighted by molar-refractivity contribution is 9.28. The van der Waals surface area contributed by atoms with Crippen LogP contribution in [0, 0.1) is 0 Å². The zero-order valence-electron chi connectivity index (χ0n) is 9.38. The molecule has 1 aliphatic heterocycles. The van der Waals surface area contributed by atoms with Gasteiger partial charge in [0.2, 0.25) is 0 Å². The molecule has 0 spiro atoms. The minimum absolute atomic E-state index is 0.206. The molecule has 1 aliphatic rings. The number of hydrogen-bond donors (Lipinski definition) is 0. The number of rotatable bonds is 6. The number of hydrogen-bond acceptors (Lipinski definition) is 4. The first kappa shape index (κ1) is 15.9. The lowest BCUT2D eigenvalue weighted by Crippen LogP contribution is -2.06. The Labute approximate surface area is 130 Å². The fourth-order valence-corrected chi connectivity index (χ4v) is 1.87. The van der Waals surface area contributed by atoms with Gasteiger partial charge in [-0.3, -0.25) is 4.79 Å². The molecule has 0 aromatic carbocycles. The van der Waals surface area contributed by atoms with E-state index < -0.39 is 0 Å². The van der Waals surface area contributed by atoms with Gasteiger partial charge >= 0.3 is 11.9 Å².